The number of aliphatic hydroxyl groups is 1. The average molecular weight is 541 g/mol. The van der Waals surface area contributed by atoms with Crippen LogP contribution in [0, 0.1) is 5.41 Å². The maximum Gasteiger partial charge on any atom is 0.211 e. The fourth-order valence-electron chi connectivity index (χ4n) is 4.12. The molecule has 0 spiro atoms. The Kier molecular flexibility index (Phi) is 8.09. The van der Waals surface area contributed by atoms with Crippen LogP contribution in [0.2, 0.25) is 5.02 Å². The third kappa shape index (κ3) is 6.14. The zero-order chi connectivity index (χ0) is 28.3. The van der Waals surface area contributed by atoms with Gasteiger partial charge in [0, 0.05) is 39.9 Å². The summed E-state index contributed by atoms with van der Waals surface area (Å²) in [4.78, 5) is 45.9. The molecule has 3 aromatic carbocycles. The maximum atomic E-state index is 13.4. The van der Waals surface area contributed by atoms with Crippen molar-refractivity contribution in [1.82, 2.24) is 4.98 Å². The molecule has 0 aliphatic carbocycles. The van der Waals surface area contributed by atoms with E-state index >= 15 is 0 Å². The number of rotatable bonds is 8. The molecule has 1 N–H and O–H groups in total. The molecular weight excluding hydrogens is 512 g/mol. The number of pyridine rings is 1. The Labute approximate surface area is 232 Å². The molecule has 0 bridgehead atoms. The third-order valence-corrected chi connectivity index (χ3v) is 6.67. The SMILES string of the molecule is CN(c1ccc(Cl)cc1)c1ccc(C(=O)c2ccc(C(=O)C(C)(C)C)c(C(O)C(=O)c3ccccc3)c2)nc1. The van der Waals surface area contributed by atoms with Crippen LogP contribution < -0.4 is 4.90 Å². The van der Waals surface area contributed by atoms with Crippen LogP contribution in [-0.2, 0) is 0 Å². The number of Topliss-reactive ketones (excluding diaryl/α,β-unsaturated/α-hetero) is 2. The Morgan fingerprint density at radius 1 is 0.846 bits per heavy atom. The van der Waals surface area contributed by atoms with Gasteiger partial charge in [0.1, 0.15) is 11.8 Å². The van der Waals surface area contributed by atoms with Gasteiger partial charge < -0.3 is 10.0 Å². The van der Waals surface area contributed by atoms with Gasteiger partial charge in [-0.3, -0.25) is 19.4 Å². The van der Waals surface area contributed by atoms with E-state index in [0.717, 1.165) is 11.4 Å². The number of nitrogens with zero attached hydrogens (tertiary/aromatic N) is 2. The molecular formula is C32H29ClN2O4. The van der Waals surface area contributed by atoms with E-state index < -0.39 is 23.1 Å². The second kappa shape index (κ2) is 11.3. The van der Waals surface area contributed by atoms with Crippen molar-refractivity contribution in [2.45, 2.75) is 26.9 Å². The minimum Gasteiger partial charge on any atom is -0.380 e. The Morgan fingerprint density at radius 2 is 1.49 bits per heavy atom. The molecule has 0 radical (unpaired) electrons. The normalized spacial score (nSPS) is 12.1. The zero-order valence-electron chi connectivity index (χ0n) is 22.2. The van der Waals surface area contributed by atoms with Crippen LogP contribution in [0.4, 0.5) is 11.4 Å². The van der Waals surface area contributed by atoms with Crippen LogP contribution in [0.25, 0.3) is 0 Å². The quantitative estimate of drug-likeness (QED) is 0.245. The summed E-state index contributed by atoms with van der Waals surface area (Å²) < 4.78 is 0. The van der Waals surface area contributed by atoms with Gasteiger partial charge in [0.25, 0.3) is 0 Å². The highest BCUT2D eigenvalue weighted by Gasteiger charge is 2.30. The number of aliphatic hydroxyl groups excluding tert-OH is 1. The molecule has 6 nitrogen and oxygen atoms in total. The number of hydrogen-bond donors (Lipinski definition) is 1. The lowest BCUT2D eigenvalue weighted by Crippen LogP contribution is -2.24. The first-order chi connectivity index (χ1) is 18.5. The smallest absolute Gasteiger partial charge is 0.211 e. The highest BCUT2D eigenvalue weighted by atomic mass is 35.5. The largest absolute Gasteiger partial charge is 0.380 e. The van der Waals surface area contributed by atoms with E-state index in [9.17, 15) is 19.5 Å². The van der Waals surface area contributed by atoms with Crippen molar-refractivity contribution in [3.63, 3.8) is 0 Å². The number of carbonyl (C=O) groups is 3. The molecule has 0 saturated carbocycles. The fraction of sp³-hybridized carbons (Fsp3) is 0.188. The van der Waals surface area contributed by atoms with Crippen LogP contribution in [-0.4, -0.2) is 34.5 Å². The molecule has 7 heteroatoms. The molecule has 4 rings (SSSR count). The molecule has 1 unspecified atom stereocenters. The van der Waals surface area contributed by atoms with E-state index in [1.807, 2.05) is 24.1 Å². The van der Waals surface area contributed by atoms with E-state index in [-0.39, 0.29) is 28.2 Å². The van der Waals surface area contributed by atoms with E-state index in [2.05, 4.69) is 4.98 Å². The zero-order valence-corrected chi connectivity index (χ0v) is 22.9. The summed E-state index contributed by atoms with van der Waals surface area (Å²) in [6.07, 6.45) is -0.0292. The lowest BCUT2D eigenvalue weighted by Gasteiger charge is -2.22. The second-order valence-corrected chi connectivity index (χ2v) is 10.7. The Hall–Kier alpha value is -4.13. The number of aromatic nitrogens is 1. The van der Waals surface area contributed by atoms with Crippen molar-refractivity contribution in [3.05, 3.63) is 124 Å². The maximum absolute atomic E-state index is 13.4. The van der Waals surface area contributed by atoms with Gasteiger partial charge in [-0.15, -0.1) is 0 Å². The van der Waals surface area contributed by atoms with Gasteiger partial charge in [-0.2, -0.15) is 0 Å². The van der Waals surface area contributed by atoms with E-state index in [1.54, 1.807) is 81.6 Å². The predicted molar refractivity (Wildman–Crippen MR) is 153 cm³/mol. The van der Waals surface area contributed by atoms with Crippen LogP contribution in [0.5, 0.6) is 0 Å². The van der Waals surface area contributed by atoms with Crippen molar-refractivity contribution >= 4 is 40.3 Å². The summed E-state index contributed by atoms with van der Waals surface area (Å²) in [5.41, 5.74) is 1.90. The molecule has 4 aromatic rings. The van der Waals surface area contributed by atoms with Crippen LogP contribution in [0.3, 0.4) is 0 Å². The van der Waals surface area contributed by atoms with Gasteiger partial charge in [-0.05, 0) is 48.0 Å². The van der Waals surface area contributed by atoms with Crippen LogP contribution in [0.15, 0.2) is 91.1 Å². The van der Waals surface area contributed by atoms with Gasteiger partial charge in [-0.1, -0.05) is 74.8 Å². The van der Waals surface area contributed by atoms with Gasteiger partial charge in [-0.25, -0.2) is 0 Å². The van der Waals surface area contributed by atoms with Crippen molar-refractivity contribution in [3.8, 4) is 0 Å². The molecule has 198 valence electrons. The first kappa shape index (κ1) is 27.9. The summed E-state index contributed by atoms with van der Waals surface area (Å²) in [5, 5.41) is 11.7. The number of halogens is 1. The number of hydrogen-bond acceptors (Lipinski definition) is 6. The highest BCUT2D eigenvalue weighted by Crippen LogP contribution is 2.30. The summed E-state index contributed by atoms with van der Waals surface area (Å²) in [6, 6.07) is 23.5. The van der Waals surface area contributed by atoms with Gasteiger partial charge >= 0.3 is 0 Å². The standard InChI is InChI=1S/C32H29ClN2O4/c1-32(2,3)31(39)25-16-10-21(18-26(25)30(38)29(37)20-8-6-5-7-9-20)28(36)27-17-15-24(19-34-27)35(4)23-13-11-22(33)12-14-23/h5-19,30,38H,1-4H3. The second-order valence-electron chi connectivity index (χ2n) is 10.3. The van der Waals surface area contributed by atoms with Crippen molar-refractivity contribution in [1.29, 1.82) is 0 Å². The molecule has 0 saturated heterocycles. The fourth-order valence-corrected chi connectivity index (χ4v) is 4.25. The number of anilines is 2. The monoisotopic (exact) mass is 540 g/mol. The Bertz CT molecular complexity index is 1510. The van der Waals surface area contributed by atoms with Gasteiger partial charge in [0.05, 0.1) is 11.9 Å². The molecule has 1 aromatic heterocycles. The Morgan fingerprint density at radius 3 is 2.08 bits per heavy atom. The summed E-state index contributed by atoms with van der Waals surface area (Å²) >= 11 is 5.98. The topological polar surface area (TPSA) is 87.6 Å². The summed E-state index contributed by atoms with van der Waals surface area (Å²) in [6.45, 7) is 5.28. The minimum atomic E-state index is -1.62. The lowest BCUT2D eigenvalue weighted by atomic mass is 9.82. The lowest BCUT2D eigenvalue weighted by molar-refractivity contribution is 0.0738. The molecule has 0 aliphatic heterocycles. The molecule has 39 heavy (non-hydrogen) atoms. The number of benzene rings is 3. The average Bonchev–Trinajstić information content (AvgIpc) is 2.95. The number of carbonyl (C=O) groups excluding carboxylic acids is 3. The van der Waals surface area contributed by atoms with Gasteiger partial charge in [0.2, 0.25) is 5.78 Å². The first-order valence-electron chi connectivity index (χ1n) is 12.4. The number of ketones is 3. The van der Waals surface area contributed by atoms with E-state index in [0.29, 0.717) is 10.6 Å². The Balaban J connectivity index is 1.67. The van der Waals surface area contributed by atoms with Gasteiger partial charge in [0.15, 0.2) is 11.6 Å². The molecule has 0 amide bonds. The first-order valence-corrected chi connectivity index (χ1v) is 12.8. The molecule has 0 aliphatic rings. The van der Waals surface area contributed by atoms with E-state index in [1.165, 1.54) is 18.2 Å². The van der Waals surface area contributed by atoms with Crippen molar-refractivity contribution < 1.29 is 19.5 Å². The molecule has 0 fully saturated rings. The van der Waals surface area contributed by atoms with E-state index in [4.69, 9.17) is 11.6 Å². The minimum absolute atomic E-state index is 0.0914. The molecule has 1 atom stereocenters. The summed E-state index contributed by atoms with van der Waals surface area (Å²) in [7, 11) is 1.88. The highest BCUT2D eigenvalue weighted by molar-refractivity contribution is 6.30. The van der Waals surface area contributed by atoms with Crippen LogP contribution >= 0.6 is 11.6 Å². The predicted octanol–water partition coefficient (Wildman–Crippen LogP) is 6.88. The van der Waals surface area contributed by atoms with Crippen LogP contribution in [0.1, 0.15) is 69.2 Å². The molecule has 1 heterocycles. The summed E-state index contributed by atoms with van der Waals surface area (Å²) in [5.74, 6) is -1.20. The van der Waals surface area contributed by atoms with Crippen molar-refractivity contribution in [2.75, 3.05) is 11.9 Å². The van der Waals surface area contributed by atoms with Crippen molar-refractivity contribution in [2.24, 2.45) is 5.41 Å². The third-order valence-electron chi connectivity index (χ3n) is 6.42.